The van der Waals surface area contributed by atoms with Crippen LogP contribution in [0.1, 0.15) is 83.5 Å². The van der Waals surface area contributed by atoms with Crippen molar-refractivity contribution >= 4 is 23.4 Å². The molecular formula is C59H62N4O12. The summed E-state index contributed by atoms with van der Waals surface area (Å²) in [6.45, 7) is 4.47. The molecule has 4 aliphatic rings. The first-order valence-electron chi connectivity index (χ1n) is 25.4. The summed E-state index contributed by atoms with van der Waals surface area (Å²) in [5.74, 6) is -0.480. The van der Waals surface area contributed by atoms with Gasteiger partial charge >= 0.3 is 6.09 Å². The highest BCUT2D eigenvalue weighted by molar-refractivity contribution is 6.03. The van der Waals surface area contributed by atoms with Gasteiger partial charge < -0.3 is 53.1 Å². The van der Waals surface area contributed by atoms with Gasteiger partial charge in [0.05, 0.1) is 49.8 Å². The van der Waals surface area contributed by atoms with Crippen LogP contribution in [0.25, 0.3) is 0 Å². The van der Waals surface area contributed by atoms with Crippen molar-refractivity contribution < 1.29 is 57.8 Å². The number of oxime groups is 1. The number of aliphatic hydroxyl groups is 2. The molecular weight excluding hydrogens is 957 g/mol. The van der Waals surface area contributed by atoms with E-state index < -0.39 is 29.8 Å². The highest BCUT2D eigenvalue weighted by Crippen LogP contribution is 2.62. The molecule has 0 saturated heterocycles. The first-order valence-corrected chi connectivity index (χ1v) is 25.4. The van der Waals surface area contributed by atoms with Gasteiger partial charge in [-0.05, 0) is 121 Å². The summed E-state index contributed by atoms with van der Waals surface area (Å²) in [6.07, 6.45) is 7.30. The predicted molar refractivity (Wildman–Crippen MR) is 279 cm³/mol. The number of hydrogen-bond acceptors (Lipinski definition) is 14. The number of nitrogens with one attached hydrogen (secondary N) is 1. The summed E-state index contributed by atoms with van der Waals surface area (Å²) >= 11 is 0. The fourth-order valence-electron chi connectivity index (χ4n) is 11.0. The number of benzene rings is 5. The van der Waals surface area contributed by atoms with Crippen LogP contribution in [0.4, 0.5) is 10.5 Å². The zero-order chi connectivity index (χ0) is 52.3. The van der Waals surface area contributed by atoms with Crippen LogP contribution in [0, 0.1) is 29.1 Å². The maximum Gasteiger partial charge on any atom is 0.417 e. The summed E-state index contributed by atoms with van der Waals surface area (Å²) in [4.78, 5) is 37.5. The van der Waals surface area contributed by atoms with Gasteiger partial charge in [0, 0.05) is 49.3 Å². The quantitative estimate of drug-likeness (QED) is 0.0336. The number of rotatable bonds is 22. The van der Waals surface area contributed by atoms with Crippen molar-refractivity contribution in [3.8, 4) is 40.6 Å². The van der Waals surface area contributed by atoms with Crippen molar-refractivity contribution in [3.05, 3.63) is 161 Å². The van der Waals surface area contributed by atoms with E-state index in [2.05, 4.69) is 24.0 Å². The number of amides is 2. The van der Waals surface area contributed by atoms with Gasteiger partial charge in [-0.2, -0.15) is 5.26 Å². The third-order valence-corrected chi connectivity index (χ3v) is 14.4. The van der Waals surface area contributed by atoms with Crippen molar-refractivity contribution in [2.24, 2.45) is 22.9 Å². The van der Waals surface area contributed by atoms with Gasteiger partial charge in [0.15, 0.2) is 11.5 Å². The molecule has 6 unspecified atom stereocenters. The van der Waals surface area contributed by atoms with Gasteiger partial charge in [0.1, 0.15) is 35.6 Å². The molecule has 5 aromatic carbocycles. The van der Waals surface area contributed by atoms with E-state index in [-0.39, 0.29) is 69.7 Å². The number of aliphatic hydroxyl groups excluding tert-OH is 2. The Morgan fingerprint density at radius 1 is 0.867 bits per heavy atom. The number of nitriles is 1. The Hall–Kier alpha value is -7.84. The molecule has 2 aliphatic carbocycles. The highest BCUT2D eigenvalue weighted by atomic mass is 16.7. The molecule has 9 rings (SSSR count). The standard InChI is InChI=1S/C59H62N4O12/c1-4-28-72-59-54(63(57(66)41-19-16-38(34-60)17-20-41)35-40-18-24-51-53(29-40)71-37-70-51)33-49(62-73-36-39-12-6-5-7-13-39)46-30-42(14-8-10-26-64)45(15-9-11-27-65)55(56(46)59)47-31-44(22-25-50(47)75-59)74-58(67)61-48-23-21-43(68-2)32-52(48)69-3/h4-7,12-13,16-25,29-32,42,45,54-56,64-65H,1,8-11,14-15,26-28,33,35-37H2,2-3H3,(H,61,67). The molecule has 2 aliphatic heterocycles. The van der Waals surface area contributed by atoms with Gasteiger partial charge in [-0.3, -0.25) is 10.1 Å². The zero-order valence-corrected chi connectivity index (χ0v) is 42.2. The molecule has 6 atom stereocenters. The van der Waals surface area contributed by atoms with E-state index in [0.717, 1.165) is 35.1 Å². The van der Waals surface area contributed by atoms with E-state index in [1.54, 1.807) is 72.7 Å². The number of methoxy groups -OCH3 is 2. The molecule has 1 fully saturated rings. The molecule has 0 radical (unpaired) electrons. The van der Waals surface area contributed by atoms with E-state index in [1.165, 1.54) is 7.11 Å². The lowest BCUT2D eigenvalue weighted by Crippen LogP contribution is -2.70. The number of carbonyl (C=O) groups excluding carboxylic acids is 2. The maximum atomic E-state index is 15.6. The van der Waals surface area contributed by atoms with E-state index in [1.807, 2.05) is 54.6 Å². The first-order chi connectivity index (χ1) is 36.7. The van der Waals surface area contributed by atoms with Crippen molar-refractivity contribution in [2.75, 3.05) is 46.1 Å². The molecule has 5 aromatic rings. The van der Waals surface area contributed by atoms with Crippen LogP contribution in [-0.2, 0) is 22.7 Å². The fourth-order valence-corrected chi connectivity index (χ4v) is 11.0. The van der Waals surface area contributed by atoms with Crippen LogP contribution in [-0.4, -0.2) is 85.5 Å². The highest BCUT2D eigenvalue weighted by Gasteiger charge is 2.65. The number of nitrogens with zero attached hydrogens (tertiary/aromatic N) is 3. The van der Waals surface area contributed by atoms with Crippen molar-refractivity contribution in [3.63, 3.8) is 0 Å². The van der Waals surface area contributed by atoms with Gasteiger partial charge in [0.2, 0.25) is 12.6 Å². The smallest absolute Gasteiger partial charge is 0.417 e. The Morgan fingerprint density at radius 2 is 1.63 bits per heavy atom. The average Bonchev–Trinajstić information content (AvgIpc) is 3.94. The molecule has 0 aromatic heterocycles. The molecule has 390 valence electrons. The van der Waals surface area contributed by atoms with Gasteiger partial charge in [-0.1, -0.05) is 66.5 Å². The van der Waals surface area contributed by atoms with Crippen molar-refractivity contribution in [1.82, 2.24) is 4.90 Å². The lowest BCUT2D eigenvalue weighted by molar-refractivity contribution is -0.255. The lowest BCUT2D eigenvalue weighted by Gasteiger charge is -2.60. The zero-order valence-electron chi connectivity index (χ0n) is 42.2. The van der Waals surface area contributed by atoms with Crippen molar-refractivity contribution in [1.29, 1.82) is 5.26 Å². The summed E-state index contributed by atoms with van der Waals surface area (Å²) in [7, 11) is 3.04. The van der Waals surface area contributed by atoms with Crippen molar-refractivity contribution in [2.45, 2.75) is 75.8 Å². The van der Waals surface area contributed by atoms with E-state index in [0.29, 0.717) is 77.0 Å². The molecule has 3 N–H and O–H groups in total. The SMILES string of the molecule is C=CCOC12Oc3ccc(OC(=O)Nc4ccc(OC)cc4OC)cc3C3C(CCCCO)C(CCCCO)C=C(C(=NOCc4ccccc4)CC1N(Cc1ccc4c(c1)OCO4)C(=O)c1ccc(C#N)cc1)C32. The number of allylic oxidation sites excluding steroid dienone is 1. The van der Waals surface area contributed by atoms with Gasteiger partial charge in [0.25, 0.3) is 5.91 Å². The number of unbranched alkanes of at least 4 members (excludes halogenated alkanes) is 2. The molecule has 0 spiro atoms. The molecule has 16 nitrogen and oxygen atoms in total. The molecule has 2 amide bonds. The summed E-state index contributed by atoms with van der Waals surface area (Å²) in [6, 6.07) is 33.4. The van der Waals surface area contributed by atoms with E-state index >= 15 is 4.79 Å². The minimum Gasteiger partial charge on any atom is -0.497 e. The lowest BCUT2D eigenvalue weighted by atomic mass is 9.55. The second kappa shape index (κ2) is 24.0. The molecule has 16 heteroatoms. The van der Waals surface area contributed by atoms with Crippen LogP contribution in [0.15, 0.2) is 139 Å². The monoisotopic (exact) mass is 1020 g/mol. The molecule has 75 heavy (non-hydrogen) atoms. The predicted octanol–water partition coefficient (Wildman–Crippen LogP) is 10.1. The Balaban J connectivity index is 1.23. The van der Waals surface area contributed by atoms with Crippen LogP contribution < -0.4 is 33.7 Å². The van der Waals surface area contributed by atoms with E-state index in [4.69, 9.17) is 43.2 Å². The number of fused-ring (bicyclic) bond motifs is 3. The van der Waals surface area contributed by atoms with Crippen LogP contribution >= 0.6 is 0 Å². The number of ether oxygens (including phenoxy) is 7. The molecule has 1 saturated carbocycles. The first kappa shape index (κ1) is 52.0. The number of carbonyl (C=O) groups is 2. The van der Waals surface area contributed by atoms with Crippen LogP contribution in [0.3, 0.4) is 0 Å². The molecule has 2 heterocycles. The third-order valence-electron chi connectivity index (χ3n) is 14.4. The van der Waals surface area contributed by atoms with Gasteiger partial charge in [-0.15, -0.1) is 6.58 Å². The van der Waals surface area contributed by atoms with Gasteiger partial charge in [-0.25, -0.2) is 4.79 Å². The Kier molecular flexibility index (Phi) is 16.7. The number of anilines is 1. The third kappa shape index (κ3) is 11.3. The number of hydrogen-bond donors (Lipinski definition) is 3. The summed E-state index contributed by atoms with van der Waals surface area (Å²) < 4.78 is 43.2. The summed E-state index contributed by atoms with van der Waals surface area (Å²) in [5, 5.41) is 37.8. The topological polar surface area (TPSA) is 200 Å². The maximum absolute atomic E-state index is 15.6. The normalized spacial score (nSPS) is 21.3. The Bertz CT molecular complexity index is 2940. The average molecular weight is 1020 g/mol. The van der Waals surface area contributed by atoms with Crippen LogP contribution in [0.5, 0.6) is 34.5 Å². The second-order valence-corrected chi connectivity index (χ2v) is 18.9. The Morgan fingerprint density at radius 3 is 2.37 bits per heavy atom. The Labute approximate surface area is 436 Å². The van der Waals surface area contributed by atoms with Crippen LogP contribution in [0.2, 0.25) is 0 Å². The largest absolute Gasteiger partial charge is 0.497 e. The molecule has 0 bridgehead atoms. The second-order valence-electron chi connectivity index (χ2n) is 18.9. The fraction of sp³-hybridized carbons (Fsp3) is 0.356. The summed E-state index contributed by atoms with van der Waals surface area (Å²) in [5.41, 5.74) is 4.95. The minimum atomic E-state index is -1.62. The van der Waals surface area contributed by atoms with E-state index in [9.17, 15) is 20.3 Å². The minimum absolute atomic E-state index is 0.0131.